The molecule has 0 aliphatic carbocycles. The molecule has 0 bridgehead atoms. The average molecular weight is 305 g/mol. The minimum Gasteiger partial charge on any atom is -0.508 e. The Bertz CT molecular complexity index is 772. The average Bonchev–Trinajstić information content (AvgIpc) is 2.69. The first kappa shape index (κ1) is 11.1. The first-order chi connectivity index (χ1) is 8.66. The summed E-state index contributed by atoms with van der Waals surface area (Å²) in [4.78, 5) is 14.8. The van der Waals surface area contributed by atoms with Crippen LogP contribution in [-0.2, 0) is 0 Å². The number of imidazole rings is 1. The lowest BCUT2D eigenvalue weighted by Crippen LogP contribution is -2.14. The van der Waals surface area contributed by atoms with E-state index in [9.17, 15) is 9.90 Å². The Hall–Kier alpha value is -2.01. The number of phenolic OH excluding ortho intramolecular Hbond substituents is 1. The molecule has 0 spiro atoms. The van der Waals surface area contributed by atoms with Crippen molar-refractivity contribution >= 4 is 27.0 Å². The molecule has 0 fully saturated rings. The summed E-state index contributed by atoms with van der Waals surface area (Å²) >= 11 is 3.41. The van der Waals surface area contributed by atoms with Gasteiger partial charge in [-0.25, -0.2) is 4.79 Å². The number of hydrogen-bond acceptors (Lipinski definition) is 2. The molecule has 3 rings (SSSR count). The van der Waals surface area contributed by atoms with Crippen molar-refractivity contribution in [3.05, 3.63) is 57.4 Å². The summed E-state index contributed by atoms with van der Waals surface area (Å²) in [7, 11) is 0. The number of rotatable bonds is 1. The number of halogens is 1. The van der Waals surface area contributed by atoms with E-state index < -0.39 is 0 Å². The highest BCUT2D eigenvalue weighted by Crippen LogP contribution is 2.23. The second-order valence-corrected chi connectivity index (χ2v) is 4.77. The molecule has 0 saturated heterocycles. The van der Waals surface area contributed by atoms with Crippen LogP contribution in [0.4, 0.5) is 0 Å². The predicted molar refractivity (Wildman–Crippen MR) is 73.3 cm³/mol. The summed E-state index contributed by atoms with van der Waals surface area (Å²) in [6.45, 7) is 0. The molecule has 18 heavy (non-hydrogen) atoms. The normalized spacial score (nSPS) is 10.9. The van der Waals surface area contributed by atoms with Crippen LogP contribution in [0.2, 0.25) is 0 Å². The first-order valence-electron chi connectivity index (χ1n) is 5.35. The lowest BCUT2D eigenvalue weighted by molar-refractivity contribution is 0.475. The molecule has 0 aliphatic rings. The monoisotopic (exact) mass is 304 g/mol. The molecule has 0 radical (unpaired) electrons. The fraction of sp³-hybridized carbons (Fsp3) is 0. The van der Waals surface area contributed by atoms with Gasteiger partial charge in [-0.3, -0.25) is 4.57 Å². The van der Waals surface area contributed by atoms with Crippen molar-refractivity contribution in [2.24, 2.45) is 0 Å². The molecule has 0 atom stereocenters. The molecule has 0 saturated carbocycles. The highest BCUT2D eigenvalue weighted by Gasteiger charge is 2.10. The second-order valence-electron chi connectivity index (χ2n) is 3.92. The van der Waals surface area contributed by atoms with Crippen LogP contribution >= 0.6 is 15.9 Å². The van der Waals surface area contributed by atoms with Crippen LogP contribution in [0.25, 0.3) is 16.7 Å². The van der Waals surface area contributed by atoms with Crippen molar-refractivity contribution in [2.45, 2.75) is 0 Å². The Kier molecular flexibility index (Phi) is 2.48. The first-order valence-corrected chi connectivity index (χ1v) is 6.15. The SMILES string of the molecule is O=c1[nH]c2c(Br)cccc2n1-c1ccc(O)cc1. The smallest absolute Gasteiger partial charge is 0.331 e. The number of para-hydroxylation sites is 1. The number of aromatic nitrogens is 2. The summed E-state index contributed by atoms with van der Waals surface area (Å²) in [6.07, 6.45) is 0. The van der Waals surface area contributed by atoms with Crippen molar-refractivity contribution in [1.29, 1.82) is 0 Å². The molecule has 0 amide bonds. The zero-order valence-corrected chi connectivity index (χ0v) is 10.8. The second kappa shape index (κ2) is 4.03. The van der Waals surface area contributed by atoms with Gasteiger partial charge < -0.3 is 10.1 Å². The fourth-order valence-electron chi connectivity index (χ4n) is 1.95. The van der Waals surface area contributed by atoms with Gasteiger partial charge in [-0.05, 0) is 52.3 Å². The standard InChI is InChI=1S/C13H9BrN2O2/c14-10-2-1-3-11-12(10)15-13(18)16(11)8-4-6-9(17)7-5-8/h1-7,17H,(H,15,18). The van der Waals surface area contributed by atoms with E-state index in [-0.39, 0.29) is 11.4 Å². The van der Waals surface area contributed by atoms with Gasteiger partial charge in [0.15, 0.2) is 0 Å². The summed E-state index contributed by atoms with van der Waals surface area (Å²) in [5.41, 5.74) is 2.06. The zero-order valence-electron chi connectivity index (χ0n) is 9.22. The molecular weight excluding hydrogens is 296 g/mol. The van der Waals surface area contributed by atoms with Gasteiger partial charge in [0.1, 0.15) is 5.75 Å². The number of benzene rings is 2. The number of aromatic amines is 1. The molecule has 5 heteroatoms. The lowest BCUT2D eigenvalue weighted by atomic mass is 10.2. The maximum Gasteiger partial charge on any atom is 0.331 e. The Morgan fingerprint density at radius 3 is 2.56 bits per heavy atom. The number of H-pyrrole nitrogens is 1. The Balaban J connectivity index is 2.35. The number of nitrogens with one attached hydrogen (secondary N) is 1. The number of fused-ring (bicyclic) bond motifs is 1. The third kappa shape index (κ3) is 1.64. The van der Waals surface area contributed by atoms with E-state index >= 15 is 0 Å². The van der Waals surface area contributed by atoms with Gasteiger partial charge >= 0.3 is 5.69 Å². The lowest BCUT2D eigenvalue weighted by Gasteiger charge is -2.03. The fourth-order valence-corrected chi connectivity index (χ4v) is 2.41. The number of aromatic hydroxyl groups is 1. The van der Waals surface area contributed by atoms with Crippen LogP contribution in [-0.4, -0.2) is 14.7 Å². The van der Waals surface area contributed by atoms with E-state index in [0.717, 1.165) is 15.5 Å². The van der Waals surface area contributed by atoms with E-state index in [2.05, 4.69) is 20.9 Å². The van der Waals surface area contributed by atoms with Crippen LogP contribution in [0.3, 0.4) is 0 Å². The number of phenols is 1. The number of hydrogen-bond donors (Lipinski definition) is 2. The molecule has 0 aliphatic heterocycles. The van der Waals surface area contributed by atoms with Crippen molar-refractivity contribution in [3.63, 3.8) is 0 Å². The zero-order chi connectivity index (χ0) is 12.7. The molecule has 2 aromatic carbocycles. The summed E-state index contributed by atoms with van der Waals surface area (Å²) in [5, 5.41) is 9.28. The summed E-state index contributed by atoms with van der Waals surface area (Å²) in [5.74, 6) is 0.174. The van der Waals surface area contributed by atoms with E-state index in [1.54, 1.807) is 28.8 Å². The topological polar surface area (TPSA) is 58.0 Å². The van der Waals surface area contributed by atoms with Crippen LogP contribution in [0.1, 0.15) is 0 Å². The van der Waals surface area contributed by atoms with E-state index in [0.29, 0.717) is 5.69 Å². The highest BCUT2D eigenvalue weighted by atomic mass is 79.9. The van der Waals surface area contributed by atoms with E-state index in [1.165, 1.54) is 0 Å². The van der Waals surface area contributed by atoms with Gasteiger partial charge in [-0.2, -0.15) is 0 Å². The highest BCUT2D eigenvalue weighted by molar-refractivity contribution is 9.10. The Morgan fingerprint density at radius 2 is 1.83 bits per heavy atom. The quantitative estimate of drug-likeness (QED) is 0.726. The van der Waals surface area contributed by atoms with Crippen molar-refractivity contribution < 1.29 is 5.11 Å². The van der Waals surface area contributed by atoms with Gasteiger partial charge in [0.25, 0.3) is 0 Å². The van der Waals surface area contributed by atoms with Gasteiger partial charge in [0.2, 0.25) is 0 Å². The molecule has 2 N–H and O–H groups in total. The molecule has 1 heterocycles. The van der Waals surface area contributed by atoms with Crippen molar-refractivity contribution in [2.75, 3.05) is 0 Å². The molecule has 3 aromatic rings. The van der Waals surface area contributed by atoms with Crippen LogP contribution in [0.15, 0.2) is 51.7 Å². The van der Waals surface area contributed by atoms with E-state index in [1.807, 2.05) is 18.2 Å². The Morgan fingerprint density at radius 1 is 1.11 bits per heavy atom. The van der Waals surface area contributed by atoms with Gasteiger partial charge in [-0.15, -0.1) is 0 Å². The maximum absolute atomic E-state index is 12.0. The van der Waals surface area contributed by atoms with Gasteiger partial charge in [0.05, 0.1) is 16.7 Å². The maximum atomic E-state index is 12.0. The molecule has 90 valence electrons. The summed E-state index contributed by atoms with van der Waals surface area (Å²) in [6, 6.07) is 12.1. The largest absolute Gasteiger partial charge is 0.508 e. The summed E-state index contributed by atoms with van der Waals surface area (Å²) < 4.78 is 2.41. The minimum atomic E-state index is -0.206. The van der Waals surface area contributed by atoms with Crippen molar-refractivity contribution in [1.82, 2.24) is 9.55 Å². The van der Waals surface area contributed by atoms with Crippen LogP contribution < -0.4 is 5.69 Å². The van der Waals surface area contributed by atoms with Gasteiger partial charge in [-0.1, -0.05) is 6.07 Å². The molecule has 0 unspecified atom stereocenters. The molecular formula is C13H9BrN2O2. The molecule has 1 aromatic heterocycles. The third-order valence-corrected chi connectivity index (χ3v) is 3.44. The van der Waals surface area contributed by atoms with Crippen LogP contribution in [0, 0.1) is 0 Å². The van der Waals surface area contributed by atoms with E-state index in [4.69, 9.17) is 0 Å². The molecule has 4 nitrogen and oxygen atoms in total. The third-order valence-electron chi connectivity index (χ3n) is 2.78. The predicted octanol–water partition coefficient (Wildman–Crippen LogP) is 2.79. The van der Waals surface area contributed by atoms with Crippen molar-refractivity contribution in [3.8, 4) is 11.4 Å². The number of nitrogens with zero attached hydrogens (tertiary/aromatic N) is 1. The minimum absolute atomic E-state index is 0.174. The Labute approximate surface area is 111 Å². The van der Waals surface area contributed by atoms with Crippen LogP contribution in [0.5, 0.6) is 5.75 Å². The van der Waals surface area contributed by atoms with Gasteiger partial charge in [0, 0.05) is 4.47 Å².